The van der Waals surface area contributed by atoms with E-state index in [-0.39, 0.29) is 6.10 Å². The Labute approximate surface area is 52.2 Å². The zero-order valence-corrected chi connectivity index (χ0v) is 7.06. The van der Waals surface area contributed by atoms with Crippen LogP contribution in [0, 0.1) is 0 Å². The SMILES string of the molecule is CC(C)O[Si](C)(C)N. The minimum Gasteiger partial charge on any atom is -0.401 e. The molecule has 0 heterocycles. The quantitative estimate of drug-likeness (QED) is 0.572. The molecule has 0 saturated carbocycles. The van der Waals surface area contributed by atoms with Crippen molar-refractivity contribution < 1.29 is 4.43 Å². The van der Waals surface area contributed by atoms with Crippen LogP contribution < -0.4 is 5.40 Å². The molecule has 0 aliphatic rings. The molecule has 2 nitrogen and oxygen atoms in total. The summed E-state index contributed by atoms with van der Waals surface area (Å²) < 4.78 is 5.35. The molecule has 0 aliphatic carbocycles. The fourth-order valence-electron chi connectivity index (χ4n) is 0.607. The fraction of sp³-hybridized carbons (Fsp3) is 1.00. The summed E-state index contributed by atoms with van der Waals surface area (Å²) in [6, 6.07) is 0. The lowest BCUT2D eigenvalue weighted by Gasteiger charge is -2.19. The monoisotopic (exact) mass is 133 g/mol. The van der Waals surface area contributed by atoms with Crippen LogP contribution in [0.3, 0.4) is 0 Å². The molecule has 0 saturated heterocycles. The van der Waals surface area contributed by atoms with Crippen molar-refractivity contribution in [3.05, 3.63) is 0 Å². The average Bonchev–Trinajstić information content (AvgIpc) is 1.21. The van der Waals surface area contributed by atoms with Crippen LogP contribution in [0.4, 0.5) is 0 Å². The van der Waals surface area contributed by atoms with Crippen LogP contribution in [0.5, 0.6) is 0 Å². The van der Waals surface area contributed by atoms with Crippen LogP contribution in [0.1, 0.15) is 13.8 Å². The fourth-order valence-corrected chi connectivity index (χ4v) is 1.82. The number of rotatable bonds is 2. The van der Waals surface area contributed by atoms with Crippen molar-refractivity contribution in [1.29, 1.82) is 0 Å². The molecule has 0 aromatic heterocycles. The van der Waals surface area contributed by atoms with Crippen molar-refractivity contribution in [2.45, 2.75) is 33.0 Å². The molecular weight excluding hydrogens is 118 g/mol. The van der Waals surface area contributed by atoms with Crippen LogP contribution in [0.25, 0.3) is 0 Å². The highest BCUT2D eigenvalue weighted by Gasteiger charge is 2.16. The number of hydrogen-bond acceptors (Lipinski definition) is 2. The molecule has 0 aliphatic heterocycles. The van der Waals surface area contributed by atoms with Gasteiger partial charge in [-0.3, -0.25) is 0 Å². The first-order chi connectivity index (χ1) is 3.42. The number of nitrogens with two attached hydrogens (primary N) is 1. The van der Waals surface area contributed by atoms with Crippen LogP contribution in [-0.4, -0.2) is 14.6 Å². The lowest BCUT2D eigenvalue weighted by molar-refractivity contribution is 0.232. The molecule has 0 aromatic rings. The summed E-state index contributed by atoms with van der Waals surface area (Å²) in [6.07, 6.45) is 0.279. The third-order valence-electron chi connectivity index (χ3n) is 0.539. The Morgan fingerprint density at radius 2 is 1.75 bits per heavy atom. The van der Waals surface area contributed by atoms with E-state index < -0.39 is 8.48 Å². The van der Waals surface area contributed by atoms with Crippen LogP contribution in [0.2, 0.25) is 13.1 Å². The van der Waals surface area contributed by atoms with Crippen molar-refractivity contribution in [3.63, 3.8) is 0 Å². The Balaban J connectivity index is 3.39. The Kier molecular flexibility index (Phi) is 2.66. The van der Waals surface area contributed by atoms with E-state index in [0.29, 0.717) is 0 Å². The lowest BCUT2D eigenvalue weighted by atomic mass is 10.5. The molecular formula is C5H15NOSi. The van der Waals surface area contributed by atoms with E-state index in [0.717, 1.165) is 0 Å². The second kappa shape index (κ2) is 2.62. The van der Waals surface area contributed by atoms with Gasteiger partial charge in [0.1, 0.15) is 0 Å². The predicted octanol–water partition coefficient (Wildman–Crippen LogP) is 1.07. The van der Waals surface area contributed by atoms with Gasteiger partial charge in [0.15, 0.2) is 0 Å². The average molecular weight is 133 g/mol. The van der Waals surface area contributed by atoms with Gasteiger partial charge in [-0.05, 0) is 26.9 Å². The van der Waals surface area contributed by atoms with E-state index in [1.165, 1.54) is 0 Å². The molecule has 3 heteroatoms. The molecule has 2 N–H and O–H groups in total. The Bertz CT molecular complexity index is 67.3. The normalized spacial score (nSPS) is 12.8. The molecule has 0 fully saturated rings. The molecule has 0 atom stereocenters. The summed E-state index contributed by atoms with van der Waals surface area (Å²) in [5, 5.41) is 5.65. The van der Waals surface area contributed by atoms with Gasteiger partial charge in [0, 0.05) is 6.10 Å². The van der Waals surface area contributed by atoms with Gasteiger partial charge >= 0.3 is 0 Å². The molecule has 8 heavy (non-hydrogen) atoms. The predicted molar refractivity (Wildman–Crippen MR) is 37.9 cm³/mol. The van der Waals surface area contributed by atoms with Gasteiger partial charge < -0.3 is 9.83 Å². The largest absolute Gasteiger partial charge is 0.401 e. The van der Waals surface area contributed by atoms with Crippen LogP contribution >= 0.6 is 0 Å². The third kappa shape index (κ3) is 6.14. The first-order valence-electron chi connectivity index (χ1n) is 2.88. The summed E-state index contributed by atoms with van der Waals surface area (Å²) in [7, 11) is -1.72. The van der Waals surface area contributed by atoms with E-state index in [1.807, 2.05) is 26.9 Å². The van der Waals surface area contributed by atoms with Gasteiger partial charge in [-0.15, -0.1) is 0 Å². The standard InChI is InChI=1S/C5H15NOSi/c1-5(2)7-8(3,4)6/h5H,6H2,1-4H3. The minimum atomic E-state index is -1.72. The summed E-state index contributed by atoms with van der Waals surface area (Å²) in [4.78, 5) is 0. The second-order valence-electron chi connectivity index (χ2n) is 2.77. The Morgan fingerprint density at radius 1 is 1.38 bits per heavy atom. The summed E-state index contributed by atoms with van der Waals surface area (Å²) >= 11 is 0. The number of hydrogen-bond donors (Lipinski definition) is 1. The first-order valence-corrected chi connectivity index (χ1v) is 5.87. The second-order valence-corrected chi connectivity index (χ2v) is 6.21. The van der Waals surface area contributed by atoms with Crippen molar-refractivity contribution >= 4 is 8.48 Å². The highest BCUT2D eigenvalue weighted by molar-refractivity contribution is 6.67. The van der Waals surface area contributed by atoms with Crippen molar-refractivity contribution in [2.75, 3.05) is 0 Å². The Hall–Kier alpha value is 0.137. The topological polar surface area (TPSA) is 35.2 Å². The molecule has 0 unspecified atom stereocenters. The lowest BCUT2D eigenvalue weighted by Crippen LogP contribution is -2.43. The first kappa shape index (κ1) is 8.14. The van der Waals surface area contributed by atoms with E-state index in [2.05, 4.69) is 0 Å². The van der Waals surface area contributed by atoms with E-state index in [1.54, 1.807) is 0 Å². The third-order valence-corrected chi connectivity index (χ3v) is 1.62. The molecule has 0 spiro atoms. The van der Waals surface area contributed by atoms with Crippen molar-refractivity contribution in [1.82, 2.24) is 0 Å². The molecule has 0 aromatic carbocycles. The van der Waals surface area contributed by atoms with Gasteiger partial charge in [-0.2, -0.15) is 0 Å². The van der Waals surface area contributed by atoms with Gasteiger partial charge in [-0.25, -0.2) is 0 Å². The summed E-state index contributed by atoms with van der Waals surface area (Å²) in [6.45, 7) is 7.96. The maximum Gasteiger partial charge on any atom is 0.260 e. The van der Waals surface area contributed by atoms with Crippen LogP contribution in [-0.2, 0) is 4.43 Å². The highest BCUT2D eigenvalue weighted by atomic mass is 28.4. The highest BCUT2D eigenvalue weighted by Crippen LogP contribution is 1.98. The van der Waals surface area contributed by atoms with Gasteiger partial charge in [0.05, 0.1) is 0 Å². The van der Waals surface area contributed by atoms with E-state index in [4.69, 9.17) is 9.83 Å². The molecule has 0 bridgehead atoms. The maximum absolute atomic E-state index is 5.65. The minimum absolute atomic E-state index is 0.279. The van der Waals surface area contributed by atoms with Crippen LogP contribution in [0.15, 0.2) is 0 Å². The smallest absolute Gasteiger partial charge is 0.260 e. The van der Waals surface area contributed by atoms with Crippen molar-refractivity contribution in [3.8, 4) is 0 Å². The summed E-state index contributed by atoms with van der Waals surface area (Å²) in [5.74, 6) is 0. The molecule has 0 amide bonds. The van der Waals surface area contributed by atoms with Gasteiger partial charge in [0.2, 0.25) is 0 Å². The van der Waals surface area contributed by atoms with E-state index >= 15 is 0 Å². The molecule has 0 radical (unpaired) electrons. The maximum atomic E-state index is 5.65. The Morgan fingerprint density at radius 3 is 1.75 bits per heavy atom. The molecule has 0 rings (SSSR count). The summed E-state index contributed by atoms with van der Waals surface area (Å²) in [5.41, 5.74) is 0. The zero-order chi connectivity index (χ0) is 6.78. The van der Waals surface area contributed by atoms with Crippen molar-refractivity contribution in [2.24, 2.45) is 5.40 Å². The van der Waals surface area contributed by atoms with Gasteiger partial charge in [0.25, 0.3) is 8.48 Å². The van der Waals surface area contributed by atoms with E-state index in [9.17, 15) is 0 Å². The zero-order valence-electron chi connectivity index (χ0n) is 6.06. The van der Waals surface area contributed by atoms with Gasteiger partial charge in [-0.1, -0.05) is 0 Å². The molecule has 50 valence electrons.